The first-order valence-corrected chi connectivity index (χ1v) is 5.55. The van der Waals surface area contributed by atoms with Gasteiger partial charge < -0.3 is 21.0 Å². The lowest BCUT2D eigenvalue weighted by Crippen LogP contribution is -2.22. The van der Waals surface area contributed by atoms with Gasteiger partial charge in [0.15, 0.2) is 0 Å². The van der Waals surface area contributed by atoms with E-state index in [4.69, 9.17) is 5.73 Å². The molecule has 0 aliphatic heterocycles. The highest BCUT2D eigenvalue weighted by Crippen LogP contribution is 2.20. The molecule has 19 heavy (non-hydrogen) atoms. The van der Waals surface area contributed by atoms with Crippen molar-refractivity contribution in [3.63, 3.8) is 0 Å². The maximum Gasteiger partial charge on any atom is 0.255 e. The molecule has 0 radical (unpaired) electrons. The number of aromatic carboxylic acids is 1. The number of carbonyl (C=O) groups excluding carboxylic acids is 2. The first-order chi connectivity index (χ1) is 9.08. The molecule has 0 atom stereocenters. The van der Waals surface area contributed by atoms with Crippen molar-refractivity contribution in [2.24, 2.45) is 0 Å². The Bertz CT molecular complexity index is 624. The normalized spacial score (nSPS) is 9.89. The van der Waals surface area contributed by atoms with Crippen LogP contribution in [0.2, 0.25) is 0 Å². The van der Waals surface area contributed by atoms with Crippen LogP contribution in [-0.2, 0) is 0 Å². The standard InChI is InChI=1S/C14H12N2O3/c15-11-8-10(14(18)19)6-7-12(11)16-13(17)9-4-2-1-3-5-9/h1-8H,15H2,(H,16,17)(H,18,19)/p-1. The van der Waals surface area contributed by atoms with Crippen LogP contribution in [0.1, 0.15) is 20.7 Å². The van der Waals surface area contributed by atoms with E-state index in [2.05, 4.69) is 5.32 Å². The fraction of sp³-hybridized carbons (Fsp3) is 0. The zero-order valence-electron chi connectivity index (χ0n) is 9.92. The highest BCUT2D eigenvalue weighted by molar-refractivity contribution is 6.06. The molecule has 3 N–H and O–H groups in total. The van der Waals surface area contributed by atoms with Gasteiger partial charge in [-0.25, -0.2) is 0 Å². The number of benzene rings is 2. The third-order valence-corrected chi connectivity index (χ3v) is 2.57. The number of nitrogens with two attached hydrogens (primary N) is 1. The Kier molecular flexibility index (Phi) is 3.47. The topological polar surface area (TPSA) is 95.2 Å². The lowest BCUT2D eigenvalue weighted by atomic mass is 10.1. The molecule has 0 spiro atoms. The highest BCUT2D eigenvalue weighted by atomic mass is 16.4. The Hall–Kier alpha value is -2.82. The third-order valence-electron chi connectivity index (χ3n) is 2.57. The molecule has 0 aromatic heterocycles. The van der Waals surface area contributed by atoms with E-state index in [0.717, 1.165) is 0 Å². The summed E-state index contributed by atoms with van der Waals surface area (Å²) in [6, 6.07) is 12.6. The van der Waals surface area contributed by atoms with Gasteiger partial charge in [-0.2, -0.15) is 0 Å². The quantitative estimate of drug-likeness (QED) is 0.796. The second-order valence-corrected chi connectivity index (χ2v) is 3.91. The zero-order chi connectivity index (χ0) is 13.8. The average molecular weight is 255 g/mol. The smallest absolute Gasteiger partial charge is 0.255 e. The van der Waals surface area contributed by atoms with Crippen molar-refractivity contribution in [1.82, 2.24) is 0 Å². The Balaban J connectivity index is 2.20. The number of nitrogens with one attached hydrogen (secondary N) is 1. The molecule has 0 aliphatic rings. The summed E-state index contributed by atoms with van der Waals surface area (Å²) in [6.07, 6.45) is 0. The molecule has 1 amide bonds. The minimum atomic E-state index is -1.31. The molecule has 0 bridgehead atoms. The molecule has 2 aromatic carbocycles. The molecule has 0 saturated heterocycles. The van der Waals surface area contributed by atoms with Gasteiger partial charge in [0.2, 0.25) is 0 Å². The lowest BCUT2D eigenvalue weighted by Gasteiger charge is -2.10. The van der Waals surface area contributed by atoms with E-state index in [1.165, 1.54) is 18.2 Å². The van der Waals surface area contributed by atoms with Gasteiger partial charge in [0.1, 0.15) is 0 Å². The van der Waals surface area contributed by atoms with Gasteiger partial charge in [-0.1, -0.05) is 24.3 Å². The zero-order valence-corrected chi connectivity index (χ0v) is 9.92. The Morgan fingerprint density at radius 3 is 2.26 bits per heavy atom. The first-order valence-electron chi connectivity index (χ1n) is 5.55. The molecule has 0 heterocycles. The van der Waals surface area contributed by atoms with Crippen LogP contribution in [0.4, 0.5) is 11.4 Å². The van der Waals surface area contributed by atoms with Crippen LogP contribution < -0.4 is 16.2 Å². The van der Waals surface area contributed by atoms with Gasteiger partial charge >= 0.3 is 0 Å². The summed E-state index contributed by atoms with van der Waals surface area (Å²) in [5.74, 6) is -1.62. The summed E-state index contributed by atoms with van der Waals surface area (Å²) in [5.41, 5.74) is 6.67. The lowest BCUT2D eigenvalue weighted by molar-refractivity contribution is -0.255. The van der Waals surface area contributed by atoms with E-state index in [1.54, 1.807) is 30.3 Å². The summed E-state index contributed by atoms with van der Waals surface area (Å²) >= 11 is 0. The second kappa shape index (κ2) is 5.22. The van der Waals surface area contributed by atoms with E-state index in [-0.39, 0.29) is 17.2 Å². The number of carboxylic acids is 1. The molecular formula is C14H11N2O3-. The molecular weight excluding hydrogens is 244 g/mol. The number of hydrogen-bond acceptors (Lipinski definition) is 4. The minimum absolute atomic E-state index is 0.0322. The van der Waals surface area contributed by atoms with Gasteiger partial charge in [-0.3, -0.25) is 4.79 Å². The summed E-state index contributed by atoms with van der Waals surface area (Å²) < 4.78 is 0. The van der Waals surface area contributed by atoms with Crippen molar-refractivity contribution in [2.75, 3.05) is 11.1 Å². The van der Waals surface area contributed by atoms with Crippen LogP contribution in [0.25, 0.3) is 0 Å². The highest BCUT2D eigenvalue weighted by Gasteiger charge is 2.08. The summed E-state index contributed by atoms with van der Waals surface area (Å²) in [4.78, 5) is 22.5. The van der Waals surface area contributed by atoms with Crippen LogP contribution in [0.3, 0.4) is 0 Å². The molecule has 5 heteroatoms. The van der Waals surface area contributed by atoms with E-state index in [1.807, 2.05) is 0 Å². The molecule has 0 aliphatic carbocycles. The van der Waals surface area contributed by atoms with Crippen LogP contribution in [0.5, 0.6) is 0 Å². The third kappa shape index (κ3) is 2.90. The van der Waals surface area contributed by atoms with Crippen molar-refractivity contribution in [3.8, 4) is 0 Å². The van der Waals surface area contributed by atoms with E-state index < -0.39 is 5.97 Å². The monoisotopic (exact) mass is 255 g/mol. The molecule has 2 rings (SSSR count). The van der Waals surface area contributed by atoms with Gasteiger partial charge in [0.05, 0.1) is 17.3 Å². The van der Waals surface area contributed by atoms with Crippen molar-refractivity contribution in [3.05, 3.63) is 59.7 Å². The van der Waals surface area contributed by atoms with E-state index >= 15 is 0 Å². The van der Waals surface area contributed by atoms with Crippen molar-refractivity contribution >= 4 is 23.3 Å². The maximum absolute atomic E-state index is 11.9. The van der Waals surface area contributed by atoms with Gasteiger partial charge in [0, 0.05) is 5.56 Å². The predicted molar refractivity (Wildman–Crippen MR) is 69.6 cm³/mol. The molecule has 0 saturated carbocycles. The number of carboxylic acid groups (broad SMARTS) is 1. The number of anilines is 2. The molecule has 0 unspecified atom stereocenters. The molecule has 96 valence electrons. The minimum Gasteiger partial charge on any atom is -0.545 e. The summed E-state index contributed by atoms with van der Waals surface area (Å²) in [6.45, 7) is 0. The molecule has 0 fully saturated rings. The van der Waals surface area contributed by atoms with Gasteiger partial charge in [-0.15, -0.1) is 0 Å². The first kappa shape index (κ1) is 12.6. The fourth-order valence-electron chi connectivity index (χ4n) is 1.59. The van der Waals surface area contributed by atoms with Crippen LogP contribution in [0, 0.1) is 0 Å². The van der Waals surface area contributed by atoms with Crippen LogP contribution in [0.15, 0.2) is 48.5 Å². The van der Waals surface area contributed by atoms with E-state index in [0.29, 0.717) is 11.3 Å². The van der Waals surface area contributed by atoms with Crippen LogP contribution in [-0.4, -0.2) is 11.9 Å². The van der Waals surface area contributed by atoms with Crippen molar-refractivity contribution in [1.29, 1.82) is 0 Å². The summed E-state index contributed by atoms with van der Waals surface area (Å²) in [7, 11) is 0. The van der Waals surface area contributed by atoms with E-state index in [9.17, 15) is 14.7 Å². The maximum atomic E-state index is 11.9. The Morgan fingerprint density at radius 1 is 1.00 bits per heavy atom. The van der Waals surface area contributed by atoms with Gasteiger partial charge in [-0.05, 0) is 29.8 Å². The van der Waals surface area contributed by atoms with Crippen molar-refractivity contribution < 1.29 is 14.7 Å². The van der Waals surface area contributed by atoms with Crippen molar-refractivity contribution in [2.45, 2.75) is 0 Å². The van der Waals surface area contributed by atoms with Crippen LogP contribution >= 0.6 is 0 Å². The van der Waals surface area contributed by atoms with Gasteiger partial charge in [0.25, 0.3) is 5.91 Å². The number of carbonyl (C=O) groups is 2. The predicted octanol–water partition coefficient (Wildman–Crippen LogP) is 0.885. The SMILES string of the molecule is Nc1cc(C(=O)[O-])ccc1NC(=O)c1ccccc1. The summed E-state index contributed by atoms with van der Waals surface area (Å²) in [5, 5.41) is 13.3. The fourth-order valence-corrected chi connectivity index (χ4v) is 1.59. The average Bonchev–Trinajstić information content (AvgIpc) is 2.41. The largest absolute Gasteiger partial charge is 0.545 e. The number of nitrogen functional groups attached to an aromatic ring is 1. The molecule has 5 nitrogen and oxygen atoms in total. The number of rotatable bonds is 3. The molecule has 2 aromatic rings. The number of amides is 1. The Labute approximate surface area is 109 Å². The second-order valence-electron chi connectivity index (χ2n) is 3.91. The number of hydrogen-bond donors (Lipinski definition) is 2. The Morgan fingerprint density at radius 2 is 1.68 bits per heavy atom.